The van der Waals surface area contributed by atoms with Crippen LogP contribution in [0.2, 0.25) is 5.02 Å². The highest BCUT2D eigenvalue weighted by Crippen LogP contribution is 2.41. The Labute approximate surface area is 164 Å². The molecular weight excluding hydrogens is 371 g/mol. The van der Waals surface area contributed by atoms with Crippen LogP contribution in [0.4, 0.5) is 0 Å². The molecule has 0 bridgehead atoms. The van der Waals surface area contributed by atoms with Gasteiger partial charge in [-0.05, 0) is 61.9 Å². The van der Waals surface area contributed by atoms with Crippen molar-refractivity contribution < 1.29 is 4.79 Å². The first-order chi connectivity index (χ1) is 12.2. The lowest BCUT2D eigenvalue weighted by molar-refractivity contribution is 0.0925. The number of piperidine rings is 1. The molecule has 2 aliphatic rings. The molecule has 140 valence electrons. The van der Waals surface area contributed by atoms with Crippen molar-refractivity contribution in [3.05, 3.63) is 52.8 Å². The van der Waals surface area contributed by atoms with Crippen LogP contribution < -0.4 is 10.6 Å². The molecule has 26 heavy (non-hydrogen) atoms. The van der Waals surface area contributed by atoms with E-state index >= 15 is 0 Å². The number of nitrogens with zero attached hydrogens (tertiary/aromatic N) is 2. The molecule has 2 unspecified atom stereocenters. The second-order valence-electron chi connectivity index (χ2n) is 7.02. The summed E-state index contributed by atoms with van der Waals surface area (Å²) < 4.78 is 1.93. The van der Waals surface area contributed by atoms with Gasteiger partial charge in [-0.15, -0.1) is 12.4 Å². The average molecular weight is 395 g/mol. The van der Waals surface area contributed by atoms with Gasteiger partial charge >= 0.3 is 0 Å². The molecule has 1 aliphatic heterocycles. The molecule has 7 heteroatoms. The van der Waals surface area contributed by atoms with Crippen LogP contribution in [-0.2, 0) is 0 Å². The van der Waals surface area contributed by atoms with Gasteiger partial charge in [0.1, 0.15) is 5.69 Å². The highest BCUT2D eigenvalue weighted by Gasteiger charge is 2.34. The molecule has 2 heterocycles. The van der Waals surface area contributed by atoms with Gasteiger partial charge in [-0.25, -0.2) is 0 Å². The Balaban J connectivity index is 0.00000196. The summed E-state index contributed by atoms with van der Waals surface area (Å²) in [6, 6.07) is 9.94. The summed E-state index contributed by atoms with van der Waals surface area (Å²) in [5.74, 6) is 0.407. The SMILES string of the molecule is Cl.O=C(NC(c1ccc(Cl)cc1)C1CC1)c1ccn(C2CCCNC2)n1. The Morgan fingerprint density at radius 1 is 1.23 bits per heavy atom. The molecule has 2 atom stereocenters. The predicted octanol–water partition coefficient (Wildman–Crippen LogP) is 3.76. The maximum absolute atomic E-state index is 12.7. The van der Waals surface area contributed by atoms with Gasteiger partial charge in [0.2, 0.25) is 0 Å². The molecule has 1 saturated carbocycles. The number of aromatic nitrogens is 2. The summed E-state index contributed by atoms with van der Waals surface area (Å²) in [6.45, 7) is 1.98. The van der Waals surface area contributed by atoms with Crippen LogP contribution in [0.15, 0.2) is 36.5 Å². The van der Waals surface area contributed by atoms with Gasteiger partial charge in [-0.2, -0.15) is 5.10 Å². The van der Waals surface area contributed by atoms with Crippen molar-refractivity contribution in [2.75, 3.05) is 13.1 Å². The normalized spacial score (nSPS) is 20.9. The zero-order valence-corrected chi connectivity index (χ0v) is 16.1. The topological polar surface area (TPSA) is 59.0 Å². The lowest BCUT2D eigenvalue weighted by Gasteiger charge is -2.23. The highest BCUT2D eigenvalue weighted by molar-refractivity contribution is 6.30. The number of halogens is 2. The first-order valence-corrected chi connectivity index (χ1v) is 9.41. The number of rotatable bonds is 5. The summed E-state index contributed by atoms with van der Waals surface area (Å²) in [6.07, 6.45) is 6.46. The van der Waals surface area contributed by atoms with E-state index in [0.717, 1.165) is 44.3 Å². The van der Waals surface area contributed by atoms with Crippen LogP contribution in [0.1, 0.15) is 53.8 Å². The second kappa shape index (κ2) is 8.42. The Morgan fingerprint density at radius 3 is 2.65 bits per heavy atom. The third kappa shape index (κ3) is 4.40. The highest BCUT2D eigenvalue weighted by atomic mass is 35.5. The molecule has 4 rings (SSSR count). The van der Waals surface area contributed by atoms with Gasteiger partial charge in [-0.1, -0.05) is 23.7 Å². The molecule has 5 nitrogen and oxygen atoms in total. The summed E-state index contributed by atoms with van der Waals surface area (Å²) in [7, 11) is 0. The fraction of sp³-hybridized carbons (Fsp3) is 0.474. The lowest BCUT2D eigenvalue weighted by atomic mass is 10.0. The molecule has 1 amide bonds. The van der Waals surface area contributed by atoms with Crippen LogP contribution in [0, 0.1) is 5.92 Å². The minimum Gasteiger partial charge on any atom is -0.344 e. The summed E-state index contributed by atoms with van der Waals surface area (Å²) >= 11 is 5.98. The predicted molar refractivity (Wildman–Crippen MR) is 105 cm³/mol. The van der Waals surface area contributed by atoms with Crippen molar-refractivity contribution in [3.8, 4) is 0 Å². The molecule has 1 aromatic carbocycles. The fourth-order valence-corrected chi connectivity index (χ4v) is 3.64. The van der Waals surface area contributed by atoms with Gasteiger partial charge in [0.15, 0.2) is 0 Å². The Kier molecular flexibility index (Phi) is 6.22. The quantitative estimate of drug-likeness (QED) is 0.811. The van der Waals surface area contributed by atoms with E-state index < -0.39 is 0 Å². The molecule has 1 saturated heterocycles. The molecule has 2 fully saturated rings. The van der Waals surface area contributed by atoms with E-state index in [0.29, 0.717) is 22.7 Å². The maximum atomic E-state index is 12.7. The van der Waals surface area contributed by atoms with Crippen molar-refractivity contribution in [1.29, 1.82) is 0 Å². The number of nitrogens with one attached hydrogen (secondary N) is 2. The minimum atomic E-state index is -0.102. The fourth-order valence-electron chi connectivity index (χ4n) is 3.51. The van der Waals surface area contributed by atoms with Crippen LogP contribution in [-0.4, -0.2) is 28.8 Å². The largest absolute Gasteiger partial charge is 0.344 e. The van der Waals surface area contributed by atoms with Gasteiger partial charge < -0.3 is 10.6 Å². The monoisotopic (exact) mass is 394 g/mol. The standard InChI is InChI=1S/C19H23ClN4O.ClH/c20-15-7-5-14(6-8-15)18(13-3-4-13)22-19(25)17-9-11-24(23-17)16-2-1-10-21-12-16;/h5-9,11,13,16,18,21H,1-4,10,12H2,(H,22,25);1H. The summed E-state index contributed by atoms with van der Waals surface area (Å²) in [5.41, 5.74) is 1.60. The Bertz CT molecular complexity index is 736. The molecule has 1 aromatic heterocycles. The number of amides is 1. The average Bonchev–Trinajstić information content (AvgIpc) is 3.36. The van der Waals surface area contributed by atoms with E-state index in [-0.39, 0.29) is 24.4 Å². The van der Waals surface area contributed by atoms with E-state index in [2.05, 4.69) is 15.7 Å². The van der Waals surface area contributed by atoms with Crippen LogP contribution >= 0.6 is 24.0 Å². The molecular formula is C19H24Cl2N4O. The minimum absolute atomic E-state index is 0. The number of carbonyl (C=O) groups is 1. The van der Waals surface area contributed by atoms with Crippen molar-refractivity contribution in [3.63, 3.8) is 0 Å². The first kappa shape index (κ1) is 19.2. The summed E-state index contributed by atoms with van der Waals surface area (Å²) in [4.78, 5) is 12.7. The van der Waals surface area contributed by atoms with Crippen molar-refractivity contribution in [1.82, 2.24) is 20.4 Å². The van der Waals surface area contributed by atoms with Gasteiger partial charge in [0.25, 0.3) is 5.91 Å². The smallest absolute Gasteiger partial charge is 0.272 e. The van der Waals surface area contributed by atoms with Crippen LogP contribution in [0.25, 0.3) is 0 Å². The van der Waals surface area contributed by atoms with Gasteiger partial charge in [-0.3, -0.25) is 9.48 Å². The van der Waals surface area contributed by atoms with E-state index in [1.165, 1.54) is 0 Å². The third-order valence-electron chi connectivity index (χ3n) is 5.10. The number of hydrogen-bond donors (Lipinski definition) is 2. The van der Waals surface area contributed by atoms with E-state index in [1.807, 2.05) is 41.2 Å². The zero-order valence-electron chi connectivity index (χ0n) is 14.5. The number of hydrogen-bond acceptors (Lipinski definition) is 3. The molecule has 1 aliphatic carbocycles. The van der Waals surface area contributed by atoms with E-state index in [9.17, 15) is 4.79 Å². The first-order valence-electron chi connectivity index (χ1n) is 9.03. The van der Waals surface area contributed by atoms with Gasteiger partial charge in [0.05, 0.1) is 12.1 Å². The molecule has 0 spiro atoms. The maximum Gasteiger partial charge on any atom is 0.272 e. The third-order valence-corrected chi connectivity index (χ3v) is 5.35. The molecule has 2 aromatic rings. The molecule has 2 N–H and O–H groups in total. The van der Waals surface area contributed by atoms with E-state index in [1.54, 1.807) is 0 Å². The summed E-state index contributed by atoms with van der Waals surface area (Å²) in [5, 5.41) is 11.8. The van der Waals surface area contributed by atoms with Crippen molar-refractivity contribution in [2.45, 2.75) is 37.8 Å². The van der Waals surface area contributed by atoms with Crippen LogP contribution in [0.3, 0.4) is 0 Å². The van der Waals surface area contributed by atoms with E-state index in [4.69, 9.17) is 11.6 Å². The van der Waals surface area contributed by atoms with Crippen LogP contribution in [0.5, 0.6) is 0 Å². The van der Waals surface area contributed by atoms with Crippen molar-refractivity contribution in [2.24, 2.45) is 5.92 Å². The zero-order chi connectivity index (χ0) is 17.2. The second-order valence-corrected chi connectivity index (χ2v) is 7.46. The number of benzene rings is 1. The Hall–Kier alpha value is -1.56. The molecule has 0 radical (unpaired) electrons. The Morgan fingerprint density at radius 2 is 2.00 bits per heavy atom. The lowest BCUT2D eigenvalue weighted by Crippen LogP contribution is -2.33. The van der Waals surface area contributed by atoms with Gasteiger partial charge in [0, 0.05) is 17.8 Å². The van der Waals surface area contributed by atoms with Crippen molar-refractivity contribution >= 4 is 29.9 Å². The number of carbonyl (C=O) groups excluding carboxylic acids is 1.